The van der Waals surface area contributed by atoms with Crippen molar-refractivity contribution in [1.29, 1.82) is 0 Å². The Morgan fingerprint density at radius 3 is 2.70 bits per heavy atom. The van der Waals surface area contributed by atoms with Crippen molar-refractivity contribution in [3.63, 3.8) is 0 Å². The number of rotatable bonds is 8. The van der Waals surface area contributed by atoms with Gasteiger partial charge in [0.15, 0.2) is 0 Å². The van der Waals surface area contributed by atoms with Crippen LogP contribution in [0.4, 0.5) is 0 Å². The van der Waals surface area contributed by atoms with Gasteiger partial charge < -0.3 is 5.32 Å². The number of sulfonamides is 1. The number of nitrogens with one attached hydrogen (secondary N) is 2. The summed E-state index contributed by atoms with van der Waals surface area (Å²) in [6, 6.07) is 3.78. The molecule has 0 unspecified atom stereocenters. The quantitative estimate of drug-likeness (QED) is 0.724. The van der Waals surface area contributed by atoms with Crippen molar-refractivity contribution in [3.8, 4) is 0 Å². The first-order valence-corrected chi connectivity index (χ1v) is 9.63. The van der Waals surface area contributed by atoms with Gasteiger partial charge in [-0.15, -0.1) is 11.3 Å². The lowest BCUT2D eigenvalue weighted by Crippen LogP contribution is -2.43. The number of hydrogen-bond donors (Lipinski definition) is 2. The van der Waals surface area contributed by atoms with Crippen LogP contribution in [0.5, 0.6) is 0 Å². The first kappa shape index (κ1) is 15.9. The van der Waals surface area contributed by atoms with E-state index in [2.05, 4.69) is 23.9 Å². The molecule has 0 bridgehead atoms. The van der Waals surface area contributed by atoms with Gasteiger partial charge in [-0.2, -0.15) is 0 Å². The molecule has 6 heteroatoms. The maximum atomic E-state index is 12.2. The predicted molar refractivity (Wildman–Crippen MR) is 83.7 cm³/mol. The summed E-state index contributed by atoms with van der Waals surface area (Å²) < 4.78 is 27.7. The van der Waals surface area contributed by atoms with Gasteiger partial charge in [0.1, 0.15) is 4.21 Å². The molecule has 2 N–H and O–H groups in total. The minimum absolute atomic E-state index is 0.131. The maximum absolute atomic E-state index is 12.2. The predicted octanol–water partition coefficient (Wildman–Crippen LogP) is 2.37. The second kappa shape index (κ2) is 7.02. The van der Waals surface area contributed by atoms with E-state index in [9.17, 15) is 8.42 Å². The van der Waals surface area contributed by atoms with E-state index < -0.39 is 10.0 Å². The molecule has 1 saturated carbocycles. The maximum Gasteiger partial charge on any atom is 0.250 e. The fourth-order valence-electron chi connectivity index (χ4n) is 2.43. The van der Waals surface area contributed by atoms with Crippen molar-refractivity contribution in [1.82, 2.24) is 10.0 Å². The summed E-state index contributed by atoms with van der Waals surface area (Å²) >= 11 is 1.38. The van der Waals surface area contributed by atoms with Gasteiger partial charge in [0.05, 0.1) is 0 Å². The van der Waals surface area contributed by atoms with Crippen LogP contribution in [0.1, 0.15) is 38.0 Å². The van der Waals surface area contributed by atoms with Crippen LogP contribution >= 0.6 is 11.3 Å². The highest BCUT2D eigenvalue weighted by Gasteiger charge is 2.30. The molecule has 0 aromatic carbocycles. The van der Waals surface area contributed by atoms with E-state index in [0.29, 0.717) is 10.1 Å². The Morgan fingerprint density at radius 1 is 1.30 bits per heavy atom. The third kappa shape index (κ3) is 4.28. The molecule has 0 amide bonds. The van der Waals surface area contributed by atoms with E-state index in [1.54, 1.807) is 6.07 Å². The number of thiophene rings is 1. The Morgan fingerprint density at radius 2 is 2.05 bits per heavy atom. The second-order valence-electron chi connectivity index (χ2n) is 5.62. The van der Waals surface area contributed by atoms with Gasteiger partial charge in [0.25, 0.3) is 0 Å². The zero-order valence-electron chi connectivity index (χ0n) is 12.2. The summed E-state index contributed by atoms with van der Waals surface area (Å²) in [5, 5.41) is 3.33. The van der Waals surface area contributed by atoms with Crippen LogP contribution in [0, 0.1) is 5.92 Å². The highest BCUT2D eigenvalue weighted by molar-refractivity contribution is 7.91. The molecule has 1 aromatic rings. The molecule has 1 aliphatic carbocycles. The summed E-state index contributed by atoms with van der Waals surface area (Å²) in [6.07, 6.45) is 3.92. The average Bonchev–Trinajstić information content (AvgIpc) is 2.82. The molecule has 4 nitrogen and oxygen atoms in total. The molecule has 20 heavy (non-hydrogen) atoms. The Kier molecular flexibility index (Phi) is 5.60. The standard InChI is InChI=1S/C14H24N2O2S2/c1-3-7-15-8-6-13-4-5-14(19-13)20(17,18)16-12-9-11(2)10-12/h4-5,11-12,15-16H,3,6-10H2,1-2H3. The number of hydrogen-bond acceptors (Lipinski definition) is 4. The minimum atomic E-state index is -3.31. The van der Waals surface area contributed by atoms with Gasteiger partial charge in [-0.1, -0.05) is 13.8 Å². The van der Waals surface area contributed by atoms with Crippen molar-refractivity contribution < 1.29 is 8.42 Å². The topological polar surface area (TPSA) is 58.2 Å². The molecule has 0 atom stereocenters. The van der Waals surface area contributed by atoms with Crippen molar-refractivity contribution in [2.24, 2.45) is 5.92 Å². The van der Waals surface area contributed by atoms with Crippen LogP contribution in [-0.4, -0.2) is 27.5 Å². The highest BCUT2D eigenvalue weighted by atomic mass is 32.2. The molecule has 0 aliphatic heterocycles. The van der Waals surface area contributed by atoms with Crippen LogP contribution in [0.3, 0.4) is 0 Å². The Labute approximate surface area is 126 Å². The third-order valence-corrected chi connectivity index (χ3v) is 6.73. The molecule has 0 saturated heterocycles. The normalized spacial score (nSPS) is 22.7. The first-order valence-electron chi connectivity index (χ1n) is 7.33. The zero-order chi connectivity index (χ0) is 14.6. The summed E-state index contributed by atoms with van der Waals surface area (Å²) in [6.45, 7) is 6.20. The van der Waals surface area contributed by atoms with Crippen molar-refractivity contribution in [2.45, 2.75) is 49.8 Å². The average molecular weight is 316 g/mol. The molecule has 1 aliphatic rings. The van der Waals surface area contributed by atoms with E-state index in [1.807, 2.05) is 6.07 Å². The van der Waals surface area contributed by atoms with Crippen LogP contribution < -0.4 is 10.0 Å². The Bertz CT molecular complexity index is 519. The minimum Gasteiger partial charge on any atom is -0.316 e. The van der Waals surface area contributed by atoms with Gasteiger partial charge >= 0.3 is 0 Å². The lowest BCUT2D eigenvalue weighted by atomic mass is 9.83. The third-order valence-electron chi connectivity index (χ3n) is 3.57. The van der Waals surface area contributed by atoms with Crippen LogP contribution in [0.25, 0.3) is 0 Å². The molecule has 114 valence electrons. The molecule has 1 aromatic heterocycles. The van der Waals surface area contributed by atoms with Crippen molar-refractivity contribution in [3.05, 3.63) is 17.0 Å². The molecule has 0 spiro atoms. The van der Waals surface area contributed by atoms with Crippen LogP contribution in [-0.2, 0) is 16.4 Å². The van der Waals surface area contributed by atoms with Gasteiger partial charge in [-0.25, -0.2) is 13.1 Å². The van der Waals surface area contributed by atoms with E-state index in [-0.39, 0.29) is 6.04 Å². The Hall–Kier alpha value is -0.430. The van der Waals surface area contributed by atoms with E-state index in [4.69, 9.17) is 0 Å². The molecule has 0 radical (unpaired) electrons. The molecule has 1 heterocycles. The zero-order valence-corrected chi connectivity index (χ0v) is 13.8. The summed E-state index contributed by atoms with van der Waals surface area (Å²) in [5.41, 5.74) is 0. The molecule has 1 fully saturated rings. The lowest BCUT2D eigenvalue weighted by Gasteiger charge is -2.32. The van der Waals surface area contributed by atoms with Gasteiger partial charge in [-0.05, 0) is 56.8 Å². The largest absolute Gasteiger partial charge is 0.316 e. The highest BCUT2D eigenvalue weighted by Crippen LogP contribution is 2.29. The summed E-state index contributed by atoms with van der Waals surface area (Å²) in [5.74, 6) is 0.645. The van der Waals surface area contributed by atoms with E-state index >= 15 is 0 Å². The van der Waals surface area contributed by atoms with E-state index in [0.717, 1.165) is 43.6 Å². The first-order chi connectivity index (χ1) is 9.51. The van der Waals surface area contributed by atoms with Gasteiger partial charge in [0, 0.05) is 10.9 Å². The summed E-state index contributed by atoms with van der Waals surface area (Å²) in [7, 11) is -3.31. The smallest absolute Gasteiger partial charge is 0.250 e. The molecular weight excluding hydrogens is 292 g/mol. The fourth-order valence-corrected chi connectivity index (χ4v) is 5.06. The molecular formula is C14H24N2O2S2. The van der Waals surface area contributed by atoms with Crippen LogP contribution in [0.2, 0.25) is 0 Å². The lowest BCUT2D eigenvalue weighted by molar-refractivity contribution is 0.270. The molecule has 2 rings (SSSR count). The van der Waals surface area contributed by atoms with Gasteiger partial charge in [-0.3, -0.25) is 0 Å². The van der Waals surface area contributed by atoms with Gasteiger partial charge in [0.2, 0.25) is 10.0 Å². The van der Waals surface area contributed by atoms with Crippen LogP contribution in [0.15, 0.2) is 16.3 Å². The van der Waals surface area contributed by atoms with E-state index in [1.165, 1.54) is 11.3 Å². The second-order valence-corrected chi connectivity index (χ2v) is 8.72. The Balaban J connectivity index is 1.87. The van der Waals surface area contributed by atoms with Crippen molar-refractivity contribution in [2.75, 3.05) is 13.1 Å². The van der Waals surface area contributed by atoms with Crippen molar-refractivity contribution >= 4 is 21.4 Å². The summed E-state index contributed by atoms with van der Waals surface area (Å²) in [4.78, 5) is 1.12. The SMILES string of the molecule is CCCNCCc1ccc(S(=O)(=O)NC2CC(C)C2)s1. The fraction of sp³-hybridized carbons (Fsp3) is 0.714. The monoisotopic (exact) mass is 316 g/mol.